The lowest BCUT2D eigenvalue weighted by atomic mass is 10.00. The fourth-order valence-corrected chi connectivity index (χ4v) is 1.63. The molecule has 0 unspecified atom stereocenters. The molecule has 5 nitrogen and oxygen atoms in total. The van der Waals surface area contributed by atoms with Crippen LogP contribution in [0, 0.1) is 0 Å². The number of hydrogen-bond acceptors (Lipinski definition) is 3. The Morgan fingerprint density at radius 3 is 2.43 bits per heavy atom. The first-order chi connectivity index (χ1) is 9.81. The predicted octanol–water partition coefficient (Wildman–Crippen LogP) is 2.06. The second kappa shape index (κ2) is 7.59. The van der Waals surface area contributed by atoms with Crippen molar-refractivity contribution in [3.05, 3.63) is 42.5 Å². The maximum Gasteiger partial charge on any atom is 0.251 e. The molecular weight excluding hydrogens is 266 g/mol. The topological polar surface area (TPSA) is 84.2 Å². The lowest BCUT2D eigenvalue weighted by molar-refractivity contribution is -0.116. The van der Waals surface area contributed by atoms with Gasteiger partial charge in [-0.2, -0.15) is 0 Å². The molecule has 2 amide bonds. The van der Waals surface area contributed by atoms with E-state index in [9.17, 15) is 9.59 Å². The molecule has 0 aliphatic rings. The van der Waals surface area contributed by atoms with Crippen LogP contribution in [0.4, 0.5) is 5.69 Å². The van der Waals surface area contributed by atoms with Gasteiger partial charge in [-0.3, -0.25) is 9.59 Å². The zero-order valence-corrected chi connectivity index (χ0v) is 12.6. The lowest BCUT2D eigenvalue weighted by Gasteiger charge is -2.17. The standard InChI is InChI=1S/C16H23N3O2/c1-4-11-18-15(21)12-5-7-13(8-6-12)19-14(20)9-10-16(2,3)17/h4-8H,1,9-11,17H2,2-3H3,(H,18,21)(H,19,20). The Kier molecular flexibility index (Phi) is 6.11. The van der Waals surface area contributed by atoms with Crippen molar-refractivity contribution in [1.29, 1.82) is 0 Å². The maximum atomic E-state index is 11.8. The number of anilines is 1. The van der Waals surface area contributed by atoms with Crippen LogP contribution in [0.2, 0.25) is 0 Å². The number of nitrogens with one attached hydrogen (secondary N) is 2. The molecular formula is C16H23N3O2. The second-order valence-electron chi connectivity index (χ2n) is 5.61. The summed E-state index contributed by atoms with van der Waals surface area (Å²) in [6, 6.07) is 6.74. The van der Waals surface area contributed by atoms with Gasteiger partial charge in [-0.25, -0.2) is 0 Å². The van der Waals surface area contributed by atoms with E-state index in [0.29, 0.717) is 30.6 Å². The van der Waals surface area contributed by atoms with E-state index in [1.54, 1.807) is 30.3 Å². The number of amides is 2. The van der Waals surface area contributed by atoms with Gasteiger partial charge in [0.1, 0.15) is 0 Å². The molecule has 4 N–H and O–H groups in total. The van der Waals surface area contributed by atoms with E-state index in [1.807, 2.05) is 13.8 Å². The third-order valence-corrected chi connectivity index (χ3v) is 2.83. The van der Waals surface area contributed by atoms with Crippen LogP contribution in [-0.2, 0) is 4.79 Å². The Morgan fingerprint density at radius 1 is 1.29 bits per heavy atom. The summed E-state index contributed by atoms with van der Waals surface area (Å²) in [5.41, 5.74) is 6.68. The summed E-state index contributed by atoms with van der Waals surface area (Å²) in [6.07, 6.45) is 2.59. The van der Waals surface area contributed by atoms with Crippen LogP contribution in [0.25, 0.3) is 0 Å². The van der Waals surface area contributed by atoms with Crippen LogP contribution in [0.1, 0.15) is 37.0 Å². The second-order valence-corrected chi connectivity index (χ2v) is 5.61. The fraction of sp³-hybridized carbons (Fsp3) is 0.375. The Hall–Kier alpha value is -2.14. The highest BCUT2D eigenvalue weighted by Gasteiger charge is 2.13. The number of carbonyl (C=O) groups excluding carboxylic acids is 2. The van der Waals surface area contributed by atoms with Crippen molar-refractivity contribution in [3.63, 3.8) is 0 Å². The minimum atomic E-state index is -0.357. The highest BCUT2D eigenvalue weighted by Crippen LogP contribution is 2.12. The lowest BCUT2D eigenvalue weighted by Crippen LogP contribution is -2.33. The molecule has 0 aliphatic carbocycles. The van der Waals surface area contributed by atoms with E-state index in [2.05, 4.69) is 17.2 Å². The van der Waals surface area contributed by atoms with E-state index >= 15 is 0 Å². The summed E-state index contributed by atoms with van der Waals surface area (Å²) in [5, 5.41) is 5.47. The third kappa shape index (κ3) is 6.72. The Balaban J connectivity index is 2.52. The van der Waals surface area contributed by atoms with Crippen molar-refractivity contribution < 1.29 is 9.59 Å². The van der Waals surface area contributed by atoms with Crippen molar-refractivity contribution in [1.82, 2.24) is 5.32 Å². The molecule has 1 rings (SSSR count). The minimum absolute atomic E-state index is 0.0858. The van der Waals surface area contributed by atoms with Crippen LogP contribution in [0.5, 0.6) is 0 Å². The summed E-state index contributed by atoms with van der Waals surface area (Å²) in [5.74, 6) is -0.255. The molecule has 114 valence electrons. The average Bonchev–Trinajstić information content (AvgIpc) is 2.42. The maximum absolute atomic E-state index is 11.8. The minimum Gasteiger partial charge on any atom is -0.349 e. The summed E-state index contributed by atoms with van der Waals surface area (Å²) >= 11 is 0. The van der Waals surface area contributed by atoms with Gasteiger partial charge in [-0.05, 0) is 44.5 Å². The fourth-order valence-electron chi connectivity index (χ4n) is 1.63. The molecule has 0 radical (unpaired) electrons. The van der Waals surface area contributed by atoms with Crippen molar-refractivity contribution in [2.45, 2.75) is 32.2 Å². The van der Waals surface area contributed by atoms with Gasteiger partial charge in [0, 0.05) is 29.8 Å². The van der Waals surface area contributed by atoms with Crippen LogP contribution in [0.15, 0.2) is 36.9 Å². The SMILES string of the molecule is C=CCNC(=O)c1ccc(NC(=O)CCC(C)(C)N)cc1. The quantitative estimate of drug-likeness (QED) is 0.672. The molecule has 1 aromatic carbocycles. The highest BCUT2D eigenvalue weighted by molar-refractivity contribution is 5.95. The molecule has 0 aliphatic heterocycles. The van der Waals surface area contributed by atoms with Crippen molar-refractivity contribution in [3.8, 4) is 0 Å². The van der Waals surface area contributed by atoms with Gasteiger partial charge in [0.05, 0.1) is 0 Å². The van der Waals surface area contributed by atoms with E-state index in [-0.39, 0.29) is 17.4 Å². The molecule has 0 atom stereocenters. The molecule has 0 aromatic heterocycles. The van der Waals surface area contributed by atoms with Crippen molar-refractivity contribution in [2.24, 2.45) is 5.73 Å². The monoisotopic (exact) mass is 289 g/mol. The third-order valence-electron chi connectivity index (χ3n) is 2.83. The van der Waals surface area contributed by atoms with Gasteiger partial charge in [0.15, 0.2) is 0 Å². The molecule has 0 bridgehead atoms. The molecule has 0 fully saturated rings. The molecule has 0 heterocycles. The molecule has 21 heavy (non-hydrogen) atoms. The Labute approximate surface area is 125 Å². The van der Waals surface area contributed by atoms with Crippen molar-refractivity contribution in [2.75, 3.05) is 11.9 Å². The van der Waals surface area contributed by atoms with E-state index in [0.717, 1.165) is 0 Å². The Morgan fingerprint density at radius 2 is 1.90 bits per heavy atom. The molecule has 5 heteroatoms. The van der Waals surface area contributed by atoms with Crippen LogP contribution < -0.4 is 16.4 Å². The van der Waals surface area contributed by atoms with Gasteiger partial charge in [0.25, 0.3) is 5.91 Å². The summed E-state index contributed by atoms with van der Waals surface area (Å²) in [7, 11) is 0. The number of rotatable bonds is 7. The van der Waals surface area contributed by atoms with Gasteiger partial charge in [-0.1, -0.05) is 6.08 Å². The van der Waals surface area contributed by atoms with Gasteiger partial charge >= 0.3 is 0 Å². The van der Waals surface area contributed by atoms with Crippen molar-refractivity contribution >= 4 is 17.5 Å². The molecule has 0 spiro atoms. The van der Waals surface area contributed by atoms with E-state index in [1.165, 1.54) is 0 Å². The highest BCUT2D eigenvalue weighted by atomic mass is 16.2. The number of hydrogen-bond donors (Lipinski definition) is 3. The largest absolute Gasteiger partial charge is 0.349 e. The zero-order valence-electron chi connectivity index (χ0n) is 12.6. The van der Waals surface area contributed by atoms with Crippen LogP contribution >= 0.6 is 0 Å². The summed E-state index contributed by atoms with van der Waals surface area (Å²) < 4.78 is 0. The van der Waals surface area contributed by atoms with Gasteiger partial charge < -0.3 is 16.4 Å². The number of carbonyl (C=O) groups is 2. The van der Waals surface area contributed by atoms with Gasteiger partial charge in [-0.15, -0.1) is 6.58 Å². The van der Waals surface area contributed by atoms with E-state index < -0.39 is 0 Å². The van der Waals surface area contributed by atoms with Crippen LogP contribution in [0.3, 0.4) is 0 Å². The zero-order chi connectivity index (χ0) is 15.9. The first-order valence-corrected chi connectivity index (χ1v) is 6.90. The smallest absolute Gasteiger partial charge is 0.251 e. The average molecular weight is 289 g/mol. The molecule has 0 saturated heterocycles. The Bertz CT molecular complexity index is 501. The number of benzene rings is 1. The first kappa shape index (κ1) is 16.9. The molecule has 1 aromatic rings. The van der Waals surface area contributed by atoms with E-state index in [4.69, 9.17) is 5.73 Å². The summed E-state index contributed by atoms with van der Waals surface area (Å²) in [6.45, 7) is 7.73. The summed E-state index contributed by atoms with van der Waals surface area (Å²) in [4.78, 5) is 23.5. The molecule has 0 saturated carbocycles. The normalized spacial score (nSPS) is 10.8. The van der Waals surface area contributed by atoms with Crippen LogP contribution in [-0.4, -0.2) is 23.9 Å². The van der Waals surface area contributed by atoms with Gasteiger partial charge in [0.2, 0.25) is 5.91 Å². The predicted molar refractivity (Wildman–Crippen MR) is 85.1 cm³/mol. The number of nitrogens with two attached hydrogens (primary N) is 1. The first-order valence-electron chi connectivity index (χ1n) is 6.90.